The Bertz CT molecular complexity index is 486. The second-order valence-electron chi connectivity index (χ2n) is 5.15. The average Bonchev–Trinajstić information content (AvgIpc) is 2.37. The number of carbonyl (C=O) groups excluding carboxylic acids is 2. The second-order valence-corrected chi connectivity index (χ2v) is 5.15. The summed E-state index contributed by atoms with van der Waals surface area (Å²) in [6.45, 7) is 5.73. The largest absolute Gasteiger partial charge is 0.481 e. The van der Waals surface area contributed by atoms with Crippen molar-refractivity contribution in [3.8, 4) is 5.75 Å². The van der Waals surface area contributed by atoms with E-state index in [0.717, 1.165) is 5.56 Å². The maximum Gasteiger partial charge on any atom is 0.263 e. The van der Waals surface area contributed by atoms with Gasteiger partial charge in [-0.3, -0.25) is 9.59 Å². The first-order valence-corrected chi connectivity index (χ1v) is 6.61. The molecule has 2 amide bonds. The Hall–Kier alpha value is -2.04. The molecular weight excluding hydrogens is 256 g/mol. The molecule has 0 unspecified atom stereocenters. The number of likely N-dealkylation sites (N-methyl/N-ethyl adjacent to an activating group) is 1. The number of amides is 2. The number of hydrogen-bond acceptors (Lipinski definition) is 3. The molecule has 0 spiro atoms. The predicted molar refractivity (Wildman–Crippen MR) is 77.5 cm³/mol. The van der Waals surface area contributed by atoms with Gasteiger partial charge >= 0.3 is 0 Å². The fraction of sp³-hybridized carbons (Fsp3) is 0.467. The third-order valence-electron chi connectivity index (χ3n) is 2.95. The maximum atomic E-state index is 12.0. The van der Waals surface area contributed by atoms with Gasteiger partial charge in [0.05, 0.1) is 6.54 Å². The van der Waals surface area contributed by atoms with Crippen LogP contribution in [-0.4, -0.2) is 36.4 Å². The number of carbonyl (C=O) groups is 2. The van der Waals surface area contributed by atoms with Gasteiger partial charge in [-0.05, 0) is 30.5 Å². The van der Waals surface area contributed by atoms with E-state index in [0.29, 0.717) is 11.7 Å². The quantitative estimate of drug-likeness (QED) is 0.857. The van der Waals surface area contributed by atoms with Crippen molar-refractivity contribution in [2.24, 2.45) is 5.73 Å². The minimum absolute atomic E-state index is 0.113. The van der Waals surface area contributed by atoms with Crippen LogP contribution in [0.25, 0.3) is 0 Å². The zero-order chi connectivity index (χ0) is 15.3. The molecule has 0 radical (unpaired) electrons. The molecule has 1 rings (SSSR count). The Morgan fingerprint density at radius 2 is 1.95 bits per heavy atom. The Morgan fingerprint density at radius 3 is 2.50 bits per heavy atom. The summed E-state index contributed by atoms with van der Waals surface area (Å²) in [5.74, 6) is 0.209. The van der Waals surface area contributed by atoms with E-state index < -0.39 is 12.0 Å². The summed E-state index contributed by atoms with van der Waals surface area (Å²) in [5.41, 5.74) is 6.21. The molecule has 20 heavy (non-hydrogen) atoms. The Morgan fingerprint density at radius 1 is 1.30 bits per heavy atom. The topological polar surface area (TPSA) is 72.6 Å². The molecule has 0 saturated carbocycles. The van der Waals surface area contributed by atoms with Crippen LogP contribution in [0.3, 0.4) is 0 Å². The highest BCUT2D eigenvalue weighted by atomic mass is 16.5. The van der Waals surface area contributed by atoms with E-state index in [-0.39, 0.29) is 12.5 Å². The van der Waals surface area contributed by atoms with Gasteiger partial charge in [0.1, 0.15) is 5.75 Å². The normalized spacial score (nSPS) is 12.1. The molecule has 110 valence electrons. The predicted octanol–water partition coefficient (Wildman–Crippen LogP) is 1.52. The van der Waals surface area contributed by atoms with Gasteiger partial charge in [-0.25, -0.2) is 0 Å². The van der Waals surface area contributed by atoms with Crippen molar-refractivity contribution < 1.29 is 14.3 Å². The zero-order valence-electron chi connectivity index (χ0n) is 12.4. The van der Waals surface area contributed by atoms with Gasteiger partial charge in [-0.1, -0.05) is 26.0 Å². The molecule has 0 fully saturated rings. The van der Waals surface area contributed by atoms with Gasteiger partial charge in [0, 0.05) is 7.05 Å². The van der Waals surface area contributed by atoms with Gasteiger partial charge < -0.3 is 15.4 Å². The molecule has 0 aromatic heterocycles. The van der Waals surface area contributed by atoms with Crippen LogP contribution in [0, 0.1) is 0 Å². The van der Waals surface area contributed by atoms with Crippen LogP contribution in [0.15, 0.2) is 24.3 Å². The number of hydrogen-bond donors (Lipinski definition) is 1. The van der Waals surface area contributed by atoms with E-state index in [1.165, 1.54) is 11.9 Å². The van der Waals surface area contributed by atoms with Crippen molar-refractivity contribution in [3.63, 3.8) is 0 Å². The number of nitrogens with zero attached hydrogens (tertiary/aromatic N) is 1. The number of primary amides is 1. The Kier molecular flexibility index (Phi) is 5.55. The van der Waals surface area contributed by atoms with Crippen molar-refractivity contribution in [2.45, 2.75) is 32.8 Å². The lowest BCUT2D eigenvalue weighted by Crippen LogP contribution is -2.42. The summed E-state index contributed by atoms with van der Waals surface area (Å²) in [5, 5.41) is 0. The van der Waals surface area contributed by atoms with E-state index >= 15 is 0 Å². The number of nitrogens with two attached hydrogens (primary N) is 1. The summed E-state index contributed by atoms with van der Waals surface area (Å²) in [7, 11) is 1.53. The third-order valence-corrected chi connectivity index (χ3v) is 2.95. The minimum Gasteiger partial charge on any atom is -0.481 e. The Balaban J connectivity index is 2.70. The molecule has 1 aromatic rings. The molecule has 1 atom stereocenters. The third kappa shape index (κ3) is 4.57. The van der Waals surface area contributed by atoms with E-state index in [2.05, 4.69) is 13.8 Å². The fourth-order valence-electron chi connectivity index (χ4n) is 1.82. The van der Waals surface area contributed by atoms with E-state index in [4.69, 9.17) is 10.5 Å². The van der Waals surface area contributed by atoms with Crippen molar-refractivity contribution in [1.82, 2.24) is 4.90 Å². The first kappa shape index (κ1) is 16.0. The van der Waals surface area contributed by atoms with Gasteiger partial charge in [0.2, 0.25) is 5.91 Å². The number of benzene rings is 1. The summed E-state index contributed by atoms with van der Waals surface area (Å²) in [6.07, 6.45) is -0.665. The molecule has 0 heterocycles. The molecule has 1 aromatic carbocycles. The van der Waals surface area contributed by atoms with Crippen LogP contribution < -0.4 is 10.5 Å². The van der Waals surface area contributed by atoms with E-state index in [1.54, 1.807) is 6.92 Å². The van der Waals surface area contributed by atoms with Crippen LogP contribution in [0.1, 0.15) is 32.3 Å². The highest BCUT2D eigenvalue weighted by Gasteiger charge is 2.20. The molecule has 0 saturated heterocycles. The smallest absolute Gasteiger partial charge is 0.263 e. The van der Waals surface area contributed by atoms with Gasteiger partial charge in [-0.15, -0.1) is 0 Å². The lowest BCUT2D eigenvalue weighted by molar-refractivity contribution is -0.139. The minimum atomic E-state index is -0.665. The highest BCUT2D eigenvalue weighted by molar-refractivity contribution is 5.86. The first-order chi connectivity index (χ1) is 9.31. The highest BCUT2D eigenvalue weighted by Crippen LogP contribution is 2.21. The summed E-state index contributed by atoms with van der Waals surface area (Å²) in [6, 6.07) is 7.64. The van der Waals surface area contributed by atoms with Crippen LogP contribution in [0.2, 0.25) is 0 Å². The first-order valence-electron chi connectivity index (χ1n) is 6.61. The summed E-state index contributed by atoms with van der Waals surface area (Å²) < 4.78 is 5.63. The van der Waals surface area contributed by atoms with Gasteiger partial charge in [-0.2, -0.15) is 0 Å². The summed E-state index contributed by atoms with van der Waals surface area (Å²) >= 11 is 0. The van der Waals surface area contributed by atoms with E-state index in [1.807, 2.05) is 24.3 Å². The van der Waals surface area contributed by atoms with Crippen LogP contribution in [0.4, 0.5) is 0 Å². The molecule has 0 aliphatic heterocycles. The molecular formula is C15H22N2O3. The molecule has 0 aliphatic rings. The lowest BCUT2D eigenvalue weighted by atomic mass is 10.0. The van der Waals surface area contributed by atoms with Crippen molar-refractivity contribution in [1.29, 1.82) is 0 Å². The summed E-state index contributed by atoms with van der Waals surface area (Å²) in [4.78, 5) is 24.1. The molecule has 5 heteroatoms. The molecule has 2 N–H and O–H groups in total. The number of rotatable bonds is 6. The second kappa shape index (κ2) is 6.93. The van der Waals surface area contributed by atoms with E-state index in [9.17, 15) is 9.59 Å². The van der Waals surface area contributed by atoms with Crippen molar-refractivity contribution in [2.75, 3.05) is 13.6 Å². The van der Waals surface area contributed by atoms with Crippen LogP contribution in [-0.2, 0) is 9.59 Å². The number of ether oxygens (including phenoxy) is 1. The zero-order valence-corrected chi connectivity index (χ0v) is 12.4. The monoisotopic (exact) mass is 278 g/mol. The van der Waals surface area contributed by atoms with Crippen LogP contribution >= 0.6 is 0 Å². The van der Waals surface area contributed by atoms with Crippen LogP contribution in [0.5, 0.6) is 5.75 Å². The molecule has 5 nitrogen and oxygen atoms in total. The maximum absolute atomic E-state index is 12.0. The standard InChI is InChI=1S/C15H22N2O3/c1-10(2)12-6-5-7-13(8-12)20-11(3)15(19)17(4)9-14(16)18/h5-8,10-11H,9H2,1-4H3,(H2,16,18)/t11-/m0/s1. The fourth-order valence-corrected chi connectivity index (χ4v) is 1.82. The average molecular weight is 278 g/mol. The Labute approximate surface area is 119 Å². The van der Waals surface area contributed by atoms with Crippen molar-refractivity contribution in [3.05, 3.63) is 29.8 Å². The van der Waals surface area contributed by atoms with Crippen molar-refractivity contribution >= 4 is 11.8 Å². The molecule has 0 aliphatic carbocycles. The lowest BCUT2D eigenvalue weighted by Gasteiger charge is -2.21. The SMILES string of the molecule is CC(C)c1cccc(O[C@@H](C)C(=O)N(C)CC(N)=O)c1. The van der Waals surface area contributed by atoms with Gasteiger partial charge in [0.15, 0.2) is 6.10 Å². The molecule has 0 bridgehead atoms. The van der Waals surface area contributed by atoms with Gasteiger partial charge in [0.25, 0.3) is 5.91 Å².